The Balaban J connectivity index is 1.89. The van der Waals surface area contributed by atoms with Crippen LogP contribution in [0.5, 0.6) is 0 Å². The smallest absolute Gasteiger partial charge is 0.322 e. The van der Waals surface area contributed by atoms with E-state index in [-0.39, 0.29) is 22.8 Å². The molecule has 2 amide bonds. The Morgan fingerprint density at radius 2 is 2.04 bits per heavy atom. The zero-order valence-electron chi connectivity index (χ0n) is 15.4. The maximum Gasteiger partial charge on any atom is 0.322 e. The molecule has 0 bridgehead atoms. The molecule has 0 aliphatic carbocycles. The van der Waals surface area contributed by atoms with Crippen molar-refractivity contribution in [2.45, 2.75) is 44.6 Å². The molecule has 2 aliphatic rings. The fourth-order valence-electron chi connectivity index (χ4n) is 3.98. The molecule has 4 nitrogen and oxygen atoms in total. The van der Waals surface area contributed by atoms with E-state index in [1.807, 2.05) is 26.8 Å². The normalized spacial score (nSPS) is 19.8. The van der Waals surface area contributed by atoms with Gasteiger partial charge in [0.05, 0.1) is 0 Å². The van der Waals surface area contributed by atoms with E-state index >= 15 is 0 Å². The highest BCUT2D eigenvalue weighted by Crippen LogP contribution is 2.47. The number of fused-ring (bicyclic) bond motifs is 2. The number of nitrogens with zero attached hydrogens (tertiary/aromatic N) is 2. The second-order valence-electron chi connectivity index (χ2n) is 8.30. The molecule has 0 saturated carbocycles. The lowest BCUT2D eigenvalue weighted by atomic mass is 9.74. The average molecular weight is 345 g/mol. The number of hydrogen-bond acceptors (Lipinski definition) is 2. The van der Waals surface area contributed by atoms with Gasteiger partial charge in [0.1, 0.15) is 5.82 Å². The van der Waals surface area contributed by atoms with E-state index in [4.69, 9.17) is 0 Å². The fraction of sp³-hybridized carbons (Fsp3) is 0.550. The molecule has 1 spiro atoms. The van der Waals surface area contributed by atoms with Gasteiger partial charge in [-0.2, -0.15) is 0 Å². The molecule has 1 aromatic rings. The summed E-state index contributed by atoms with van der Waals surface area (Å²) >= 11 is 0. The van der Waals surface area contributed by atoms with Gasteiger partial charge in [-0.25, -0.2) is 9.18 Å². The molecule has 2 aliphatic heterocycles. The van der Waals surface area contributed by atoms with E-state index in [1.165, 1.54) is 6.07 Å². The minimum atomic E-state index is -0.305. The van der Waals surface area contributed by atoms with Gasteiger partial charge >= 0.3 is 6.03 Å². The third-order valence-corrected chi connectivity index (χ3v) is 5.21. The number of carbonyl (C=O) groups excluding carboxylic acids is 1. The third kappa shape index (κ3) is 3.56. The Morgan fingerprint density at radius 3 is 2.64 bits per heavy atom. The molecule has 0 atom stereocenters. The number of nitrogens with one attached hydrogen (secondary N) is 1. The Morgan fingerprint density at radius 1 is 1.36 bits per heavy atom. The molecule has 2 heterocycles. The highest BCUT2D eigenvalue weighted by molar-refractivity contribution is 5.95. The van der Waals surface area contributed by atoms with E-state index < -0.39 is 0 Å². The summed E-state index contributed by atoms with van der Waals surface area (Å²) in [6.45, 7) is 13.1. The number of piperidine rings is 1. The van der Waals surface area contributed by atoms with Gasteiger partial charge in [0.15, 0.2) is 0 Å². The first-order chi connectivity index (χ1) is 11.7. The lowest BCUT2D eigenvalue weighted by molar-refractivity contribution is 0.179. The summed E-state index contributed by atoms with van der Waals surface area (Å²) in [4.78, 5) is 16.9. The van der Waals surface area contributed by atoms with Crippen molar-refractivity contribution in [2.75, 3.05) is 31.1 Å². The van der Waals surface area contributed by atoms with Crippen LogP contribution in [-0.2, 0) is 5.41 Å². The number of likely N-dealkylation sites (tertiary alicyclic amines) is 1. The van der Waals surface area contributed by atoms with Gasteiger partial charge in [0.25, 0.3) is 0 Å². The van der Waals surface area contributed by atoms with Crippen LogP contribution < -0.4 is 10.2 Å². The number of halogens is 1. The van der Waals surface area contributed by atoms with E-state index in [0.29, 0.717) is 6.54 Å². The summed E-state index contributed by atoms with van der Waals surface area (Å²) in [6.07, 6.45) is 3.77. The first-order valence-corrected chi connectivity index (χ1v) is 8.97. The predicted molar refractivity (Wildman–Crippen MR) is 99.6 cm³/mol. The molecule has 136 valence electrons. The van der Waals surface area contributed by atoms with E-state index in [0.717, 1.165) is 43.7 Å². The maximum atomic E-state index is 14.0. The summed E-state index contributed by atoms with van der Waals surface area (Å²) in [5.41, 5.74) is 1.38. The summed E-state index contributed by atoms with van der Waals surface area (Å²) in [7, 11) is 0. The highest BCUT2D eigenvalue weighted by atomic mass is 19.1. The Bertz CT molecular complexity index is 672. The van der Waals surface area contributed by atoms with E-state index in [9.17, 15) is 9.18 Å². The third-order valence-electron chi connectivity index (χ3n) is 5.21. The van der Waals surface area contributed by atoms with Gasteiger partial charge in [0, 0.05) is 29.7 Å². The SMILES string of the molecule is C=CCN1CCC2(CC1)CN(C(=O)NC(C)(C)C)c1ccc(F)cc12. The second kappa shape index (κ2) is 6.45. The Hall–Kier alpha value is -1.88. The van der Waals surface area contributed by atoms with E-state index in [2.05, 4.69) is 16.8 Å². The zero-order valence-corrected chi connectivity index (χ0v) is 15.4. The first-order valence-electron chi connectivity index (χ1n) is 8.97. The van der Waals surface area contributed by atoms with Crippen LogP contribution in [0, 0.1) is 5.82 Å². The summed E-state index contributed by atoms with van der Waals surface area (Å²) < 4.78 is 14.0. The molecule has 25 heavy (non-hydrogen) atoms. The zero-order chi connectivity index (χ0) is 18.2. The van der Waals surface area contributed by atoms with Crippen molar-refractivity contribution in [2.24, 2.45) is 0 Å². The number of benzene rings is 1. The van der Waals surface area contributed by atoms with Crippen molar-refractivity contribution in [1.29, 1.82) is 0 Å². The van der Waals surface area contributed by atoms with Crippen LogP contribution in [0.3, 0.4) is 0 Å². The molecule has 1 N–H and O–H groups in total. The molecule has 1 aromatic carbocycles. The molecular weight excluding hydrogens is 317 g/mol. The van der Waals surface area contributed by atoms with Crippen LogP contribution in [0.15, 0.2) is 30.9 Å². The van der Waals surface area contributed by atoms with Gasteiger partial charge in [-0.1, -0.05) is 6.08 Å². The number of hydrogen-bond donors (Lipinski definition) is 1. The van der Waals surface area contributed by atoms with Crippen LogP contribution in [-0.4, -0.2) is 42.6 Å². The molecule has 0 radical (unpaired) electrons. The van der Waals surface area contributed by atoms with Crippen molar-refractivity contribution in [3.63, 3.8) is 0 Å². The van der Waals surface area contributed by atoms with Crippen LogP contribution in [0.4, 0.5) is 14.9 Å². The van der Waals surface area contributed by atoms with Gasteiger partial charge in [0.2, 0.25) is 0 Å². The van der Waals surface area contributed by atoms with Gasteiger partial charge < -0.3 is 5.32 Å². The molecule has 5 heteroatoms. The van der Waals surface area contributed by atoms with Gasteiger partial charge in [-0.05, 0) is 70.5 Å². The second-order valence-corrected chi connectivity index (χ2v) is 8.30. The average Bonchev–Trinajstić information content (AvgIpc) is 2.83. The quantitative estimate of drug-likeness (QED) is 0.830. The van der Waals surface area contributed by atoms with Crippen LogP contribution in [0.2, 0.25) is 0 Å². The van der Waals surface area contributed by atoms with Crippen molar-refractivity contribution in [3.8, 4) is 0 Å². The highest BCUT2D eigenvalue weighted by Gasteiger charge is 2.46. The Labute approximate surface area is 149 Å². The predicted octanol–water partition coefficient (Wildman–Crippen LogP) is 3.67. The molecular formula is C20H28FN3O. The molecule has 0 unspecified atom stereocenters. The lowest BCUT2D eigenvalue weighted by Gasteiger charge is -2.39. The lowest BCUT2D eigenvalue weighted by Crippen LogP contribution is -2.51. The summed E-state index contributed by atoms with van der Waals surface area (Å²) in [5.74, 6) is -0.232. The van der Waals surface area contributed by atoms with Crippen LogP contribution >= 0.6 is 0 Å². The minimum absolute atomic E-state index is 0.106. The van der Waals surface area contributed by atoms with Gasteiger partial charge in [-0.15, -0.1) is 6.58 Å². The van der Waals surface area contributed by atoms with Crippen LogP contribution in [0.1, 0.15) is 39.2 Å². The Kier molecular flexibility index (Phi) is 4.62. The monoisotopic (exact) mass is 345 g/mol. The van der Waals surface area contributed by atoms with Gasteiger partial charge in [-0.3, -0.25) is 9.80 Å². The maximum absolute atomic E-state index is 14.0. The molecule has 1 saturated heterocycles. The number of urea groups is 1. The van der Waals surface area contributed by atoms with Crippen molar-refractivity contribution in [1.82, 2.24) is 10.2 Å². The summed E-state index contributed by atoms with van der Waals surface area (Å²) in [5, 5.41) is 3.04. The molecule has 1 fully saturated rings. The van der Waals surface area contributed by atoms with Crippen molar-refractivity contribution < 1.29 is 9.18 Å². The van der Waals surface area contributed by atoms with Crippen molar-refractivity contribution >= 4 is 11.7 Å². The standard InChI is InChI=1S/C20H28FN3O/c1-5-10-23-11-8-20(9-12-23)14-24(18(25)22-19(2,3)4)17-7-6-15(21)13-16(17)20/h5-7,13H,1,8-12,14H2,2-4H3,(H,22,25). The first kappa shape index (κ1) is 17.9. The molecule has 3 rings (SSSR count). The largest absolute Gasteiger partial charge is 0.333 e. The van der Waals surface area contributed by atoms with Crippen LogP contribution in [0.25, 0.3) is 0 Å². The topological polar surface area (TPSA) is 35.6 Å². The fourth-order valence-corrected chi connectivity index (χ4v) is 3.98. The number of amides is 2. The molecule has 0 aromatic heterocycles. The number of carbonyl (C=O) groups is 1. The summed E-state index contributed by atoms with van der Waals surface area (Å²) in [6, 6.07) is 4.72. The van der Waals surface area contributed by atoms with Crippen molar-refractivity contribution in [3.05, 3.63) is 42.2 Å². The minimum Gasteiger partial charge on any atom is -0.333 e. The number of anilines is 1. The van der Waals surface area contributed by atoms with E-state index in [1.54, 1.807) is 17.0 Å². The number of rotatable bonds is 2.